The van der Waals surface area contributed by atoms with Crippen LogP contribution in [0.3, 0.4) is 0 Å². The van der Waals surface area contributed by atoms with E-state index in [-0.39, 0.29) is 11.3 Å². The topological polar surface area (TPSA) is 63.2 Å². The molecule has 2 heterocycles. The molecule has 1 aliphatic rings. The fraction of sp³-hybridized carbons (Fsp3) is 0.750. The fourth-order valence-electron chi connectivity index (χ4n) is 1.12. The molecule has 1 N–H and O–H groups in total. The van der Waals surface area contributed by atoms with Crippen molar-refractivity contribution in [3.05, 3.63) is 10.5 Å². The summed E-state index contributed by atoms with van der Waals surface area (Å²) in [5, 5.41) is 7.14. The van der Waals surface area contributed by atoms with E-state index in [4.69, 9.17) is 4.74 Å². The molecule has 0 bridgehead atoms. The Bertz CT molecular complexity index is 380. The number of ether oxygens (including phenoxy) is 1. The molecule has 0 radical (unpaired) electrons. The number of aromatic nitrogens is 3. The second kappa shape index (κ2) is 3.43. The lowest BCUT2D eigenvalue weighted by atomic mass is 10.3. The van der Waals surface area contributed by atoms with Crippen molar-refractivity contribution in [2.75, 3.05) is 12.4 Å². The minimum atomic E-state index is -0.142. The van der Waals surface area contributed by atoms with Gasteiger partial charge in [0.05, 0.1) is 12.2 Å². The number of hydrogen-bond donors (Lipinski definition) is 1. The summed E-state index contributed by atoms with van der Waals surface area (Å²) in [6.45, 7) is 5.44. The Balaban J connectivity index is 2.05. The van der Waals surface area contributed by atoms with Crippen LogP contribution in [0.2, 0.25) is 0 Å². The van der Waals surface area contributed by atoms with E-state index in [9.17, 15) is 4.79 Å². The number of hydrogen-bond acceptors (Lipinski definition) is 4. The fourth-order valence-corrected chi connectivity index (χ4v) is 2.20. The summed E-state index contributed by atoms with van der Waals surface area (Å²) in [5.41, 5.74) is -0.144. The van der Waals surface area contributed by atoms with E-state index in [1.54, 1.807) is 16.3 Å². The van der Waals surface area contributed by atoms with Gasteiger partial charge in [-0.25, -0.2) is 9.89 Å². The molecule has 0 saturated carbocycles. The Morgan fingerprint density at radius 1 is 1.79 bits per heavy atom. The lowest BCUT2D eigenvalue weighted by Crippen LogP contribution is -2.17. The molecule has 1 atom stereocenters. The molecule has 0 spiro atoms. The van der Waals surface area contributed by atoms with Crippen LogP contribution in [0.1, 0.15) is 13.8 Å². The van der Waals surface area contributed by atoms with Crippen molar-refractivity contribution in [1.29, 1.82) is 0 Å². The van der Waals surface area contributed by atoms with Crippen molar-refractivity contribution in [2.45, 2.75) is 31.1 Å². The van der Waals surface area contributed by atoms with E-state index in [0.29, 0.717) is 6.54 Å². The monoisotopic (exact) mass is 215 g/mol. The molecule has 0 amide bonds. The first-order valence-electron chi connectivity index (χ1n) is 4.56. The number of H-pyrrole nitrogens is 1. The zero-order chi connectivity index (χ0) is 10.2. The highest BCUT2D eigenvalue weighted by atomic mass is 32.2. The van der Waals surface area contributed by atoms with Crippen molar-refractivity contribution >= 4 is 11.8 Å². The zero-order valence-corrected chi connectivity index (χ0v) is 9.06. The highest BCUT2D eigenvalue weighted by molar-refractivity contribution is 7.99. The Labute approximate surface area is 85.8 Å². The van der Waals surface area contributed by atoms with Gasteiger partial charge in [0, 0.05) is 12.3 Å². The second-order valence-electron chi connectivity index (χ2n) is 3.58. The molecular weight excluding hydrogens is 202 g/mol. The molecule has 1 fully saturated rings. The largest absolute Gasteiger partial charge is 0.369 e. The molecule has 1 aromatic heterocycles. The van der Waals surface area contributed by atoms with Gasteiger partial charge >= 0.3 is 5.69 Å². The molecule has 0 aromatic carbocycles. The summed E-state index contributed by atoms with van der Waals surface area (Å²) in [6.07, 6.45) is 0. The molecule has 0 aliphatic carbocycles. The third-order valence-electron chi connectivity index (χ3n) is 2.18. The molecular formula is C8H13N3O2S. The van der Waals surface area contributed by atoms with Crippen LogP contribution in [0.5, 0.6) is 0 Å². The van der Waals surface area contributed by atoms with E-state index >= 15 is 0 Å². The van der Waals surface area contributed by atoms with Gasteiger partial charge in [-0.15, -0.1) is 5.10 Å². The lowest BCUT2D eigenvalue weighted by molar-refractivity contribution is 0.348. The van der Waals surface area contributed by atoms with E-state index < -0.39 is 0 Å². The Morgan fingerprint density at radius 3 is 3.07 bits per heavy atom. The number of aromatic amines is 1. The van der Waals surface area contributed by atoms with Crippen LogP contribution >= 0.6 is 11.8 Å². The maximum Gasteiger partial charge on any atom is 0.343 e. The Morgan fingerprint density at radius 2 is 2.50 bits per heavy atom. The van der Waals surface area contributed by atoms with Gasteiger partial charge in [-0.3, -0.25) is 4.57 Å². The Kier molecular flexibility index (Phi) is 2.40. The molecule has 14 heavy (non-hydrogen) atoms. The highest BCUT2D eigenvalue weighted by Crippen LogP contribution is 2.32. The van der Waals surface area contributed by atoms with Crippen LogP contribution < -0.4 is 5.69 Å². The van der Waals surface area contributed by atoms with Crippen molar-refractivity contribution < 1.29 is 4.74 Å². The minimum absolute atomic E-state index is 0.00175. The Hall–Kier alpha value is -0.750. The van der Waals surface area contributed by atoms with Crippen molar-refractivity contribution in [1.82, 2.24) is 14.8 Å². The lowest BCUT2D eigenvalue weighted by Gasteiger charge is -2.04. The summed E-state index contributed by atoms with van der Waals surface area (Å²) in [4.78, 5) is 11.2. The summed E-state index contributed by atoms with van der Waals surface area (Å²) >= 11 is 1.56. The van der Waals surface area contributed by atoms with E-state index in [1.807, 2.05) is 6.92 Å². The molecule has 5 nitrogen and oxygen atoms in total. The number of nitrogens with zero attached hydrogens (tertiary/aromatic N) is 2. The average molecular weight is 215 g/mol. The summed E-state index contributed by atoms with van der Waals surface area (Å²) in [7, 11) is 0. The zero-order valence-electron chi connectivity index (χ0n) is 8.24. The predicted octanol–water partition coefficient (Wildman–Crippen LogP) is 0.472. The average Bonchev–Trinajstić information content (AvgIpc) is 2.78. The third kappa shape index (κ3) is 1.85. The van der Waals surface area contributed by atoms with Gasteiger partial charge in [-0.05, 0) is 13.8 Å². The highest BCUT2D eigenvalue weighted by Gasteiger charge is 2.39. The molecule has 1 aliphatic heterocycles. The van der Waals surface area contributed by atoms with Crippen LogP contribution in [-0.2, 0) is 11.3 Å². The van der Waals surface area contributed by atoms with Crippen LogP contribution in [0.4, 0.5) is 0 Å². The molecule has 78 valence electrons. The number of rotatable bonds is 4. The molecule has 1 saturated heterocycles. The number of thioether (sulfide) groups is 1. The summed E-state index contributed by atoms with van der Waals surface area (Å²) < 4.78 is 6.87. The van der Waals surface area contributed by atoms with Gasteiger partial charge in [0.25, 0.3) is 0 Å². The molecule has 6 heteroatoms. The maximum atomic E-state index is 11.2. The quantitative estimate of drug-likeness (QED) is 0.586. The third-order valence-corrected chi connectivity index (χ3v) is 3.51. The van der Waals surface area contributed by atoms with Gasteiger partial charge in [0.15, 0.2) is 5.16 Å². The predicted molar refractivity (Wildman–Crippen MR) is 53.6 cm³/mol. The van der Waals surface area contributed by atoms with Gasteiger partial charge < -0.3 is 4.74 Å². The van der Waals surface area contributed by atoms with E-state index in [1.165, 1.54) is 0 Å². The van der Waals surface area contributed by atoms with Gasteiger partial charge in [0.2, 0.25) is 0 Å². The first-order valence-corrected chi connectivity index (χ1v) is 5.55. The smallest absolute Gasteiger partial charge is 0.343 e. The van der Waals surface area contributed by atoms with Crippen molar-refractivity contribution in [3.8, 4) is 0 Å². The second-order valence-corrected chi connectivity index (χ2v) is 4.53. The van der Waals surface area contributed by atoms with E-state index in [0.717, 1.165) is 17.5 Å². The SMILES string of the molecule is CCn1c(SCC2(C)CO2)n[nH]c1=O. The van der Waals surface area contributed by atoms with Crippen LogP contribution in [0, 0.1) is 0 Å². The number of nitrogens with one attached hydrogen (secondary N) is 1. The first kappa shape index (κ1) is 9.79. The van der Waals surface area contributed by atoms with Crippen LogP contribution in [0.15, 0.2) is 9.95 Å². The maximum absolute atomic E-state index is 11.2. The molecule has 1 unspecified atom stereocenters. The van der Waals surface area contributed by atoms with E-state index in [2.05, 4.69) is 17.1 Å². The summed E-state index contributed by atoms with van der Waals surface area (Å²) in [6, 6.07) is 0. The van der Waals surface area contributed by atoms with Gasteiger partial charge in [-0.2, -0.15) is 0 Å². The molecule has 2 rings (SSSR count). The minimum Gasteiger partial charge on any atom is -0.369 e. The van der Waals surface area contributed by atoms with Crippen molar-refractivity contribution in [2.24, 2.45) is 0 Å². The standard InChI is InChI=1S/C8H13N3O2S/c1-3-11-6(12)9-10-7(11)14-5-8(2)4-13-8/h3-5H2,1-2H3,(H,9,12). The van der Waals surface area contributed by atoms with Crippen LogP contribution in [0.25, 0.3) is 0 Å². The van der Waals surface area contributed by atoms with Gasteiger partial charge in [0.1, 0.15) is 0 Å². The number of epoxide rings is 1. The normalized spacial score (nSPS) is 25.3. The van der Waals surface area contributed by atoms with Crippen LogP contribution in [-0.4, -0.2) is 32.7 Å². The van der Waals surface area contributed by atoms with Gasteiger partial charge in [-0.1, -0.05) is 11.8 Å². The molecule has 1 aromatic rings. The summed E-state index contributed by atoms with van der Waals surface area (Å²) in [5.74, 6) is 0.845. The first-order chi connectivity index (χ1) is 6.64. The van der Waals surface area contributed by atoms with Crippen molar-refractivity contribution in [3.63, 3.8) is 0 Å².